The number of rotatable bonds is 65. The van der Waals surface area contributed by atoms with Gasteiger partial charge in [-0.25, -0.2) is 0 Å². The Morgan fingerprint density at radius 2 is 0.791 bits per heavy atom. The number of nitrogens with one attached hydrogen (secondary N) is 22. The van der Waals surface area contributed by atoms with Crippen molar-refractivity contribution >= 4 is 136 Å². The van der Waals surface area contributed by atoms with Crippen LogP contribution >= 0.6 is 0 Å². The average molecular weight is 1900 g/mol. The van der Waals surface area contributed by atoms with Gasteiger partial charge in [-0.15, -0.1) is 5.10 Å². The number of hydrazone groups is 1. The number of benzene rings is 1. The third kappa shape index (κ3) is 48.4. The fourth-order valence-electron chi connectivity index (χ4n) is 13.6. The number of nitrogens with zero attached hydrogens (tertiary/aromatic N) is 1. The summed E-state index contributed by atoms with van der Waals surface area (Å²) in [6, 6.07) is -13.2. The summed E-state index contributed by atoms with van der Waals surface area (Å²) in [6.07, 6.45) is 2.76. The summed E-state index contributed by atoms with van der Waals surface area (Å²) in [5, 5.41) is 91.9. The van der Waals surface area contributed by atoms with E-state index in [-0.39, 0.29) is 133 Å². The standard InChI is InChI=1S/C83H142N30O21/c1-43(2)38-57(77(131)106-55(29-20-35-95-82(90)91)73(127)103-51(66(87)120)31-32-61(85)115)108-67(121)45(5)99-63(117)42-97-71(125)52(26-15-17-33-84)105-74(128)54(28-19-34-94-81(88)89)104-68(122)46(6)100-76(130)58(39-49-22-11-9-12-23-49)110-75(129)56(30-21-36-96-83(92)93)107-78(132)59(40-62(86)116)109-69(123)47(7)101-80(134)65(44(3)4)112-79(133)60(41-64(118)119)111-72(126)53(102-48(8)114)27-16-18-37-98-113-70(124)50-24-13-10-14-25-50/h9,11-12,22-23,43-47,50-60,65,98H,10,13-21,24-42,84H2,1-8H3,(H2,85,115)(H2,86,116)(H2,87,120)(H,97,125)(H,99,117)(H,100,130)(H,101,134)(H,102,114)(H,103,127)(H,104,122)(H,105,128)(H,106,131)(H,107,132)(H,108,121)(H,109,123)(H,110,129)(H,111,126)(H,112,133)(H,113,124)(H,118,119)(H4,88,89,94)(H4,90,91,95)(H4,92,93,96)/t45-,46-,47-,51-,52-,53-,54-,55-,56-,57-,58-,59-,60-,65-/m0/s1. The van der Waals surface area contributed by atoms with E-state index in [1.54, 1.807) is 44.2 Å². The maximum absolute atomic E-state index is 14.7. The van der Waals surface area contributed by atoms with Crippen molar-refractivity contribution < 1.29 is 101 Å². The summed E-state index contributed by atoms with van der Waals surface area (Å²) >= 11 is 0. The average Bonchev–Trinajstić information content (AvgIpc) is 0.859. The maximum atomic E-state index is 14.7. The SMILES string of the molecule is CC(=O)N[C@@H](CCCCN/N=C(\O)C1CCCCC1)C(=O)N[C@@H](CC(=O)O)C(=O)N[C@H](C(=O)N[C@@H](C)C(=O)N[C@@H](CC(N)=O)C(=O)N[C@@H](CCCNC(=N)N)C(=O)N[C@@H](Cc1ccccc1)C(=O)N[C@@H](C)C(=O)N[C@@H](CCCNC(=N)N)C(=O)N[C@@H](CCCCN)C(=O)NCC(=O)N[C@@H](C)C(=O)N[C@@H](CC(C)C)C(=O)N[C@@H](CCCNC(=N)N)C(=O)N[C@@H](CCC(N)=O)C(N)=O)C(C)C. The molecule has 0 radical (unpaired) electrons. The lowest BCUT2D eigenvalue weighted by molar-refractivity contribution is -0.142. The summed E-state index contributed by atoms with van der Waals surface area (Å²) < 4.78 is 0. The Morgan fingerprint density at radius 1 is 0.396 bits per heavy atom. The normalized spacial score (nSPS) is 15.1. The molecule has 1 aliphatic carbocycles. The van der Waals surface area contributed by atoms with Crippen LogP contribution in [0.2, 0.25) is 0 Å². The number of guanidine groups is 3. The molecule has 0 spiro atoms. The second kappa shape index (κ2) is 62.5. The highest BCUT2D eigenvalue weighted by atomic mass is 16.4. The number of nitrogens with two attached hydrogens (primary N) is 7. The molecule has 1 aliphatic rings. The number of carboxylic acid groups (broad SMARTS) is 1. The Labute approximate surface area is 777 Å². The van der Waals surface area contributed by atoms with Gasteiger partial charge in [0, 0.05) is 51.9 Å². The molecule has 1 fully saturated rings. The third-order valence-electron chi connectivity index (χ3n) is 20.9. The maximum Gasteiger partial charge on any atom is 0.305 e. The number of hydrogen-bond donors (Lipinski definition) is 31. The topological polar surface area (TPSA) is 859 Å². The quantitative estimate of drug-likeness (QED) is 0.0125. The summed E-state index contributed by atoms with van der Waals surface area (Å²) in [5.41, 5.74) is 41.8. The molecule has 51 heteroatoms. The van der Waals surface area contributed by atoms with E-state index in [9.17, 15) is 101 Å². The summed E-state index contributed by atoms with van der Waals surface area (Å²) in [5.74, 6) is -21.4. The molecule has 2 rings (SSSR count). The van der Waals surface area contributed by atoms with Gasteiger partial charge in [-0.2, -0.15) is 0 Å². The lowest BCUT2D eigenvalue weighted by Crippen LogP contribution is -2.61. The van der Waals surface area contributed by atoms with Crippen LogP contribution in [-0.4, -0.2) is 270 Å². The number of primary amides is 3. The lowest BCUT2D eigenvalue weighted by Gasteiger charge is -2.28. The highest BCUT2D eigenvalue weighted by Gasteiger charge is 2.39. The van der Waals surface area contributed by atoms with Gasteiger partial charge < -0.3 is 151 Å². The third-order valence-corrected chi connectivity index (χ3v) is 20.9. The first-order valence-corrected chi connectivity index (χ1v) is 44.7. The molecule has 0 bridgehead atoms. The Hall–Kier alpha value is -13.8. The highest BCUT2D eigenvalue weighted by molar-refractivity contribution is 6.02. The number of hydrogen-bond acceptors (Lipinski definition) is 25. The first-order valence-electron chi connectivity index (χ1n) is 44.7. The highest BCUT2D eigenvalue weighted by Crippen LogP contribution is 2.24. The minimum Gasteiger partial charge on any atom is -0.495 e. The second-order valence-corrected chi connectivity index (χ2v) is 33.4. The van der Waals surface area contributed by atoms with Crippen LogP contribution in [0.15, 0.2) is 35.4 Å². The van der Waals surface area contributed by atoms with Gasteiger partial charge in [0.15, 0.2) is 17.9 Å². The number of aliphatic hydroxyl groups is 1. The summed E-state index contributed by atoms with van der Waals surface area (Å²) in [6.45, 7) is 10.9. The van der Waals surface area contributed by atoms with Gasteiger partial charge in [0.25, 0.3) is 0 Å². The van der Waals surface area contributed by atoms with Crippen LogP contribution in [0.5, 0.6) is 0 Å². The molecular formula is C83H142N30O21. The van der Waals surface area contributed by atoms with Crippen LogP contribution < -0.4 is 141 Å². The predicted molar refractivity (Wildman–Crippen MR) is 490 cm³/mol. The zero-order valence-electron chi connectivity index (χ0n) is 77.3. The smallest absolute Gasteiger partial charge is 0.305 e. The summed E-state index contributed by atoms with van der Waals surface area (Å²) in [7, 11) is 0. The van der Waals surface area contributed by atoms with E-state index in [1.165, 1.54) is 27.7 Å². The van der Waals surface area contributed by atoms with Crippen LogP contribution in [0.1, 0.15) is 202 Å². The van der Waals surface area contributed by atoms with Crippen molar-refractivity contribution in [3.05, 3.63) is 35.9 Å². The largest absolute Gasteiger partial charge is 0.495 e. The molecule has 1 aromatic rings. The van der Waals surface area contributed by atoms with Crippen molar-refractivity contribution in [1.29, 1.82) is 16.2 Å². The molecule has 0 saturated heterocycles. The molecular weight excluding hydrogens is 1750 g/mol. The number of carboxylic acids is 1. The van der Waals surface area contributed by atoms with Gasteiger partial charge in [0.1, 0.15) is 84.6 Å². The van der Waals surface area contributed by atoms with Crippen molar-refractivity contribution in [3.8, 4) is 0 Å². The van der Waals surface area contributed by atoms with Gasteiger partial charge in [0.05, 0.1) is 19.4 Å². The molecule has 0 aromatic heterocycles. The number of aliphatic hydroxyl groups excluding tert-OH is 1. The van der Waals surface area contributed by atoms with E-state index in [2.05, 4.69) is 106 Å². The van der Waals surface area contributed by atoms with E-state index in [4.69, 9.17) is 56.4 Å². The Balaban J connectivity index is 2.41. The Kier molecular flexibility index (Phi) is 54.2. The molecule has 38 N–H and O–H groups in total. The Morgan fingerprint density at radius 3 is 1.25 bits per heavy atom. The number of aliphatic carboxylic acids is 1. The number of carbonyl (C=O) groups is 19. The van der Waals surface area contributed by atoms with Crippen molar-refractivity contribution in [2.75, 3.05) is 39.3 Å². The van der Waals surface area contributed by atoms with E-state index in [0.29, 0.717) is 31.4 Å². The molecule has 1 aromatic carbocycles. The van der Waals surface area contributed by atoms with Crippen LogP contribution in [0, 0.1) is 34.0 Å². The first kappa shape index (κ1) is 116. The van der Waals surface area contributed by atoms with Crippen LogP contribution in [0.3, 0.4) is 0 Å². The molecule has 1 saturated carbocycles. The van der Waals surface area contributed by atoms with Gasteiger partial charge in [0.2, 0.25) is 112 Å². The van der Waals surface area contributed by atoms with E-state index in [0.717, 1.165) is 46.0 Å². The molecule has 14 atom stereocenters. The monoisotopic (exact) mass is 1900 g/mol. The van der Waals surface area contributed by atoms with Gasteiger partial charge in [-0.3, -0.25) is 107 Å². The Bertz CT molecular complexity index is 4170. The van der Waals surface area contributed by atoms with Crippen molar-refractivity contribution in [1.82, 2.24) is 101 Å². The van der Waals surface area contributed by atoms with Crippen LogP contribution in [0.25, 0.3) is 0 Å². The van der Waals surface area contributed by atoms with Crippen LogP contribution in [0.4, 0.5) is 0 Å². The van der Waals surface area contributed by atoms with E-state index >= 15 is 0 Å². The van der Waals surface area contributed by atoms with Gasteiger partial charge >= 0.3 is 5.97 Å². The molecule has 0 unspecified atom stereocenters. The number of carbonyl (C=O) groups excluding carboxylic acids is 18. The lowest BCUT2D eigenvalue weighted by atomic mass is 9.89. The molecule has 0 heterocycles. The van der Waals surface area contributed by atoms with Crippen molar-refractivity contribution in [2.24, 2.45) is 63.0 Å². The molecule has 51 nitrogen and oxygen atoms in total. The predicted octanol–water partition coefficient (Wildman–Crippen LogP) is -7.85. The van der Waals surface area contributed by atoms with Crippen molar-refractivity contribution in [2.45, 2.75) is 288 Å². The van der Waals surface area contributed by atoms with Gasteiger partial charge in [-0.1, -0.05) is 77.3 Å². The van der Waals surface area contributed by atoms with E-state index in [1.807, 2.05) is 0 Å². The summed E-state index contributed by atoms with van der Waals surface area (Å²) in [4.78, 5) is 258. The zero-order chi connectivity index (χ0) is 101. The number of amides is 18. The minimum atomic E-state index is -1.90. The molecule has 18 amide bonds. The molecule has 750 valence electrons. The fourth-order valence-corrected chi connectivity index (χ4v) is 13.6. The minimum absolute atomic E-state index is 0.00115. The fraction of sp³-hybridized carbons (Fsp3) is 0.651. The van der Waals surface area contributed by atoms with Crippen LogP contribution in [-0.2, 0) is 97.5 Å². The van der Waals surface area contributed by atoms with E-state index < -0.39 is 234 Å². The molecule has 0 aliphatic heterocycles. The zero-order valence-corrected chi connectivity index (χ0v) is 77.3. The van der Waals surface area contributed by atoms with Crippen molar-refractivity contribution in [3.63, 3.8) is 0 Å². The first-order chi connectivity index (χ1) is 63.1. The van der Waals surface area contributed by atoms with Gasteiger partial charge in [-0.05, 0) is 147 Å². The molecule has 134 heavy (non-hydrogen) atoms. The second-order valence-electron chi connectivity index (χ2n) is 33.4. The number of unbranched alkanes of at least 4 members (excludes halogenated alkanes) is 2.